The number of hydrogen-bond donors (Lipinski definition) is 4. The van der Waals surface area contributed by atoms with Gasteiger partial charge in [-0.2, -0.15) is 8.78 Å². The lowest BCUT2D eigenvalue weighted by Gasteiger charge is -2.25. The zero-order valence-electron chi connectivity index (χ0n) is 13.8. The zero-order chi connectivity index (χ0) is 19.9. The highest BCUT2D eigenvalue weighted by Gasteiger charge is 2.56. The SMILES string of the molecule is CCOP(=O)(O)C(F)(F)C[C@H]1O[C@@H](n2cc(C)c(=O)[nH]c2=O)[C@H](O)[C@@H]1O. The van der Waals surface area contributed by atoms with Crippen LogP contribution in [0.3, 0.4) is 0 Å². The predicted octanol–water partition coefficient (Wildman–Crippen LogP) is -0.331. The van der Waals surface area contributed by atoms with Crippen molar-refractivity contribution in [3.63, 3.8) is 0 Å². The number of aromatic nitrogens is 2. The minimum Gasteiger partial charge on any atom is -0.388 e. The molecule has 5 atom stereocenters. The Labute approximate surface area is 145 Å². The number of aromatic amines is 1. The third-order valence-electron chi connectivity index (χ3n) is 3.92. The monoisotopic (exact) mass is 400 g/mol. The molecular weight excluding hydrogens is 381 g/mol. The van der Waals surface area contributed by atoms with E-state index in [1.165, 1.54) is 13.8 Å². The van der Waals surface area contributed by atoms with Crippen molar-refractivity contribution >= 4 is 7.60 Å². The molecule has 1 unspecified atom stereocenters. The molecule has 1 fully saturated rings. The molecule has 2 heterocycles. The van der Waals surface area contributed by atoms with Crippen LogP contribution in [0.5, 0.6) is 0 Å². The number of H-pyrrole nitrogens is 1. The number of aliphatic hydroxyl groups excluding tert-OH is 2. The van der Waals surface area contributed by atoms with E-state index in [0.29, 0.717) is 0 Å². The molecule has 2 rings (SSSR count). The molecule has 10 nitrogen and oxygen atoms in total. The van der Waals surface area contributed by atoms with E-state index in [1.54, 1.807) is 0 Å². The van der Waals surface area contributed by atoms with Crippen molar-refractivity contribution in [2.24, 2.45) is 0 Å². The number of hydrogen-bond acceptors (Lipinski definition) is 7. The summed E-state index contributed by atoms with van der Waals surface area (Å²) in [5.41, 5.74) is -5.83. The van der Waals surface area contributed by atoms with E-state index in [4.69, 9.17) is 4.74 Å². The summed E-state index contributed by atoms with van der Waals surface area (Å²) in [4.78, 5) is 34.5. The summed E-state index contributed by atoms with van der Waals surface area (Å²) in [6, 6.07) is 0. The molecule has 0 aromatic carbocycles. The number of rotatable bonds is 6. The molecule has 148 valence electrons. The molecule has 1 aromatic rings. The molecule has 1 aromatic heterocycles. The minimum absolute atomic E-state index is 0.0832. The van der Waals surface area contributed by atoms with E-state index >= 15 is 0 Å². The molecule has 0 amide bonds. The van der Waals surface area contributed by atoms with Crippen LogP contribution in [-0.2, 0) is 13.8 Å². The first kappa shape index (κ1) is 20.9. The van der Waals surface area contributed by atoms with Crippen LogP contribution >= 0.6 is 7.60 Å². The van der Waals surface area contributed by atoms with Gasteiger partial charge in [-0.25, -0.2) is 4.79 Å². The first-order valence-electron chi connectivity index (χ1n) is 7.60. The van der Waals surface area contributed by atoms with Crippen molar-refractivity contribution in [1.82, 2.24) is 9.55 Å². The summed E-state index contributed by atoms with van der Waals surface area (Å²) in [6.07, 6.45) is -7.37. The Kier molecular flexibility index (Phi) is 5.86. The minimum atomic E-state index is -5.33. The van der Waals surface area contributed by atoms with Crippen LogP contribution in [-0.4, -0.2) is 55.2 Å². The molecule has 1 aliphatic rings. The molecule has 0 radical (unpaired) electrons. The van der Waals surface area contributed by atoms with Gasteiger partial charge in [0.25, 0.3) is 5.56 Å². The Balaban J connectivity index is 2.28. The quantitative estimate of drug-likeness (QED) is 0.474. The molecule has 4 N–H and O–H groups in total. The van der Waals surface area contributed by atoms with Gasteiger partial charge in [0, 0.05) is 11.8 Å². The lowest BCUT2D eigenvalue weighted by atomic mass is 10.1. The summed E-state index contributed by atoms with van der Waals surface area (Å²) < 4.78 is 49.7. The largest absolute Gasteiger partial charge is 0.397 e. The van der Waals surface area contributed by atoms with Crippen LogP contribution in [0.4, 0.5) is 8.78 Å². The van der Waals surface area contributed by atoms with E-state index in [9.17, 15) is 38.0 Å². The van der Waals surface area contributed by atoms with Crippen LogP contribution in [0.15, 0.2) is 15.8 Å². The van der Waals surface area contributed by atoms with Gasteiger partial charge in [0.1, 0.15) is 12.2 Å². The topological polar surface area (TPSA) is 151 Å². The first-order chi connectivity index (χ1) is 11.9. The highest BCUT2D eigenvalue weighted by Crippen LogP contribution is 2.60. The van der Waals surface area contributed by atoms with Gasteiger partial charge in [-0.3, -0.25) is 18.9 Å². The Hall–Kier alpha value is -1.43. The van der Waals surface area contributed by atoms with Gasteiger partial charge < -0.3 is 24.4 Å². The van der Waals surface area contributed by atoms with E-state index < -0.39 is 62.1 Å². The predicted molar refractivity (Wildman–Crippen MR) is 83.0 cm³/mol. The van der Waals surface area contributed by atoms with Gasteiger partial charge in [0.15, 0.2) is 6.23 Å². The molecule has 0 spiro atoms. The fourth-order valence-electron chi connectivity index (χ4n) is 2.53. The van der Waals surface area contributed by atoms with E-state index in [0.717, 1.165) is 10.8 Å². The average Bonchev–Trinajstić information content (AvgIpc) is 2.78. The smallest absolute Gasteiger partial charge is 0.388 e. The Bertz CT molecular complexity index is 825. The maximum absolute atomic E-state index is 14.0. The summed E-state index contributed by atoms with van der Waals surface area (Å²) in [6.45, 7) is 2.18. The van der Waals surface area contributed by atoms with Crippen LogP contribution < -0.4 is 11.2 Å². The molecular formula is C13H19F2N2O8P. The van der Waals surface area contributed by atoms with Gasteiger partial charge in [0.05, 0.1) is 19.1 Å². The second kappa shape index (κ2) is 7.29. The Morgan fingerprint density at radius 1 is 1.38 bits per heavy atom. The normalized spacial score (nSPS) is 28.9. The third-order valence-corrected chi connectivity index (χ3v) is 5.54. The standard InChI is InChI=1S/C13H19F2N2O8P/c1-3-24-26(22,23)13(14,15)4-7-8(18)9(19)11(25-7)17-5-6(2)10(20)16-12(17)21/h5,7-9,11,18-19H,3-4H2,1-2H3,(H,22,23)(H,16,20,21)/t7-,8-,9-,11-/m1/s1. The van der Waals surface area contributed by atoms with E-state index in [1.807, 2.05) is 4.98 Å². The van der Waals surface area contributed by atoms with Crippen LogP contribution in [0.25, 0.3) is 0 Å². The van der Waals surface area contributed by atoms with Gasteiger partial charge >= 0.3 is 18.9 Å². The maximum atomic E-state index is 14.0. The van der Waals surface area contributed by atoms with Gasteiger partial charge in [-0.1, -0.05) is 0 Å². The molecule has 0 saturated carbocycles. The Morgan fingerprint density at radius 3 is 2.58 bits per heavy atom. The number of alkyl halides is 2. The lowest BCUT2D eigenvalue weighted by Crippen LogP contribution is -2.38. The lowest BCUT2D eigenvalue weighted by molar-refractivity contribution is -0.0722. The van der Waals surface area contributed by atoms with Crippen molar-refractivity contribution in [3.8, 4) is 0 Å². The molecule has 0 bridgehead atoms. The summed E-state index contributed by atoms with van der Waals surface area (Å²) in [5.74, 6) is 0. The van der Waals surface area contributed by atoms with Crippen molar-refractivity contribution in [1.29, 1.82) is 0 Å². The fourth-order valence-corrected chi connectivity index (χ4v) is 3.48. The van der Waals surface area contributed by atoms with Crippen molar-refractivity contribution in [3.05, 3.63) is 32.6 Å². The highest BCUT2D eigenvalue weighted by molar-refractivity contribution is 7.54. The second-order valence-corrected chi connectivity index (χ2v) is 7.79. The number of aliphatic hydroxyl groups is 2. The zero-order valence-corrected chi connectivity index (χ0v) is 14.7. The van der Waals surface area contributed by atoms with E-state index in [2.05, 4.69) is 4.52 Å². The van der Waals surface area contributed by atoms with Crippen molar-refractivity contribution < 1.29 is 37.7 Å². The summed E-state index contributed by atoms with van der Waals surface area (Å²) >= 11 is 0. The van der Waals surface area contributed by atoms with Gasteiger partial charge in [0.2, 0.25) is 0 Å². The number of nitrogens with one attached hydrogen (secondary N) is 1. The maximum Gasteiger partial charge on any atom is 0.397 e. The number of aryl methyl sites for hydroxylation is 1. The fraction of sp³-hybridized carbons (Fsp3) is 0.692. The van der Waals surface area contributed by atoms with Crippen LogP contribution in [0, 0.1) is 6.92 Å². The molecule has 0 aliphatic carbocycles. The van der Waals surface area contributed by atoms with Gasteiger partial charge in [-0.05, 0) is 13.8 Å². The molecule has 26 heavy (non-hydrogen) atoms. The van der Waals surface area contributed by atoms with Crippen LogP contribution in [0.1, 0.15) is 25.1 Å². The van der Waals surface area contributed by atoms with E-state index in [-0.39, 0.29) is 5.56 Å². The number of nitrogens with zero attached hydrogens (tertiary/aromatic N) is 1. The second-order valence-electron chi connectivity index (χ2n) is 5.83. The Morgan fingerprint density at radius 2 is 2.00 bits per heavy atom. The van der Waals surface area contributed by atoms with Crippen molar-refractivity contribution in [2.75, 3.05) is 6.61 Å². The highest BCUT2D eigenvalue weighted by atomic mass is 31.2. The summed E-state index contributed by atoms with van der Waals surface area (Å²) in [5, 5.41) is 20.0. The van der Waals surface area contributed by atoms with Gasteiger partial charge in [-0.15, -0.1) is 0 Å². The number of halogens is 2. The molecule has 13 heteroatoms. The molecule has 1 aliphatic heterocycles. The number of ether oxygens (including phenoxy) is 1. The third kappa shape index (κ3) is 3.80. The van der Waals surface area contributed by atoms with Crippen LogP contribution in [0.2, 0.25) is 0 Å². The average molecular weight is 400 g/mol. The first-order valence-corrected chi connectivity index (χ1v) is 9.18. The van der Waals surface area contributed by atoms with Crippen molar-refractivity contribution in [2.45, 2.75) is 50.5 Å². The summed E-state index contributed by atoms with van der Waals surface area (Å²) in [7, 11) is -5.33. The molecule has 1 saturated heterocycles.